The second kappa shape index (κ2) is 11.0. The number of carbonyl (C=O) groups is 4. The van der Waals surface area contributed by atoms with Gasteiger partial charge in [-0.3, -0.25) is 19.2 Å². The Hall–Kier alpha value is -1.87. The summed E-state index contributed by atoms with van der Waals surface area (Å²) in [7, 11) is 3.07. The minimum Gasteiger partial charge on any atom is -0.446 e. The highest BCUT2D eigenvalue weighted by molar-refractivity contribution is 8.76. The van der Waals surface area contributed by atoms with Gasteiger partial charge in [-0.1, -0.05) is 16.9 Å². The molecule has 140 valence electrons. The van der Waals surface area contributed by atoms with E-state index in [1.165, 1.54) is 10.8 Å². The first-order chi connectivity index (χ1) is 12.6. The zero-order chi connectivity index (χ0) is 18.8. The Kier molecular flexibility index (Phi) is 8.63. The summed E-state index contributed by atoms with van der Waals surface area (Å²) in [5, 5.41) is 3.63. The monoisotopic (exact) mass is 396 g/mol. The first kappa shape index (κ1) is 20.4. The highest BCUT2D eigenvalue weighted by Gasteiger charge is 2.35. The molecule has 1 N–H and O–H groups in total. The zero-order valence-corrected chi connectivity index (χ0v) is 15.8. The Morgan fingerprint density at radius 2 is 1.96 bits per heavy atom. The molecule has 0 saturated heterocycles. The number of amides is 1. The van der Waals surface area contributed by atoms with E-state index in [0.29, 0.717) is 25.1 Å². The Labute approximate surface area is 159 Å². The molecule has 1 heterocycles. The number of ketones is 2. The average Bonchev–Trinajstić information content (AvgIpc) is 2.95. The lowest BCUT2D eigenvalue weighted by Crippen LogP contribution is -2.29. The number of rotatable bonds is 10. The summed E-state index contributed by atoms with van der Waals surface area (Å²) in [5.74, 6) is -0.694. The number of esters is 1. The number of Topliss-reactive ketones (excluding diaryl/α,β-unsaturated/α-hetero) is 2. The number of nitrogens with one attached hydrogen (secondary N) is 1. The zero-order valence-electron chi connectivity index (χ0n) is 14.1. The lowest BCUT2D eigenvalue weighted by molar-refractivity contribution is -0.157. The predicted molar refractivity (Wildman–Crippen MR) is 98.5 cm³/mol. The molecular formula is C17H20N2O5S2. The van der Waals surface area contributed by atoms with Gasteiger partial charge in [0, 0.05) is 44.2 Å². The minimum absolute atomic E-state index is 0.0572. The molecule has 7 nitrogen and oxygen atoms in total. The van der Waals surface area contributed by atoms with Crippen molar-refractivity contribution in [2.45, 2.75) is 43.2 Å². The molecule has 2 rings (SSSR count). The van der Waals surface area contributed by atoms with Gasteiger partial charge in [-0.25, -0.2) is 4.98 Å². The molecule has 0 aliphatic heterocycles. The van der Waals surface area contributed by atoms with Crippen molar-refractivity contribution in [3.8, 4) is 0 Å². The van der Waals surface area contributed by atoms with Gasteiger partial charge in [0.1, 0.15) is 5.03 Å². The second-order valence-corrected chi connectivity index (χ2v) is 8.02. The van der Waals surface area contributed by atoms with Crippen molar-refractivity contribution in [1.29, 1.82) is 0 Å². The molecule has 0 unspecified atom stereocenters. The molecule has 0 radical (unpaired) electrons. The quantitative estimate of drug-likeness (QED) is 0.277. The summed E-state index contributed by atoms with van der Waals surface area (Å²) >= 11 is 0. The third kappa shape index (κ3) is 7.17. The van der Waals surface area contributed by atoms with Crippen LogP contribution < -0.4 is 5.32 Å². The Morgan fingerprint density at radius 3 is 2.65 bits per heavy atom. The maximum atomic E-state index is 11.7. The van der Waals surface area contributed by atoms with Crippen LogP contribution in [0.1, 0.15) is 32.1 Å². The molecule has 1 saturated carbocycles. The fourth-order valence-electron chi connectivity index (χ4n) is 2.19. The Bertz CT molecular complexity index is 638. The van der Waals surface area contributed by atoms with Crippen LogP contribution in [0.2, 0.25) is 0 Å². The normalized spacial score (nSPS) is 14.5. The van der Waals surface area contributed by atoms with Crippen molar-refractivity contribution in [3.63, 3.8) is 0 Å². The molecule has 1 amide bonds. The third-order valence-corrected chi connectivity index (χ3v) is 5.79. The lowest BCUT2D eigenvalue weighted by Gasteiger charge is -2.09. The molecule has 0 spiro atoms. The predicted octanol–water partition coefficient (Wildman–Crippen LogP) is 1.95. The van der Waals surface area contributed by atoms with E-state index in [9.17, 15) is 19.2 Å². The van der Waals surface area contributed by atoms with E-state index >= 15 is 0 Å². The van der Waals surface area contributed by atoms with E-state index < -0.39 is 12.1 Å². The van der Waals surface area contributed by atoms with Crippen LogP contribution in [0.25, 0.3) is 0 Å². The van der Waals surface area contributed by atoms with Crippen LogP contribution in [-0.2, 0) is 23.9 Å². The van der Waals surface area contributed by atoms with Crippen molar-refractivity contribution < 1.29 is 23.9 Å². The van der Waals surface area contributed by atoms with Crippen LogP contribution in [0.4, 0.5) is 0 Å². The van der Waals surface area contributed by atoms with Crippen LogP contribution in [-0.4, -0.2) is 46.8 Å². The standard InChI is InChI=1S/C17H20N2O5S2/c20-12-6-7-13(21)17(12)24-16(23)5-3-10-18-14(22)8-11-25-26-15-4-1-2-9-19-15/h1-2,4,9,17H,3,5-8,10-11H2,(H,18,22). The van der Waals surface area contributed by atoms with Gasteiger partial charge < -0.3 is 10.1 Å². The third-order valence-electron chi connectivity index (χ3n) is 3.53. The van der Waals surface area contributed by atoms with Crippen molar-refractivity contribution in [3.05, 3.63) is 24.4 Å². The van der Waals surface area contributed by atoms with Gasteiger partial charge >= 0.3 is 5.97 Å². The number of hydrogen-bond donors (Lipinski definition) is 1. The van der Waals surface area contributed by atoms with Crippen LogP contribution in [0.3, 0.4) is 0 Å². The van der Waals surface area contributed by atoms with Crippen LogP contribution in [0.5, 0.6) is 0 Å². The first-order valence-electron chi connectivity index (χ1n) is 8.28. The summed E-state index contributed by atoms with van der Waals surface area (Å²) < 4.78 is 4.90. The van der Waals surface area contributed by atoms with Gasteiger partial charge in [0.2, 0.25) is 12.0 Å². The maximum Gasteiger partial charge on any atom is 0.307 e. The van der Waals surface area contributed by atoms with Gasteiger partial charge in [0.15, 0.2) is 11.6 Å². The van der Waals surface area contributed by atoms with Gasteiger partial charge in [-0.2, -0.15) is 0 Å². The van der Waals surface area contributed by atoms with E-state index in [-0.39, 0.29) is 36.7 Å². The number of nitrogens with zero attached hydrogens (tertiary/aromatic N) is 1. The maximum absolute atomic E-state index is 11.7. The number of aromatic nitrogens is 1. The van der Waals surface area contributed by atoms with E-state index in [2.05, 4.69) is 10.3 Å². The van der Waals surface area contributed by atoms with Crippen molar-refractivity contribution in [1.82, 2.24) is 10.3 Å². The lowest BCUT2D eigenvalue weighted by atomic mass is 10.2. The van der Waals surface area contributed by atoms with Gasteiger partial charge in [0.25, 0.3) is 0 Å². The van der Waals surface area contributed by atoms with Gasteiger partial charge in [-0.05, 0) is 29.3 Å². The molecule has 1 aromatic heterocycles. The first-order valence-corrected chi connectivity index (χ1v) is 10.6. The van der Waals surface area contributed by atoms with Crippen molar-refractivity contribution in [2.75, 3.05) is 12.3 Å². The molecular weight excluding hydrogens is 376 g/mol. The van der Waals surface area contributed by atoms with E-state index in [1.807, 2.05) is 18.2 Å². The molecule has 1 aliphatic carbocycles. The molecule has 0 atom stereocenters. The number of ether oxygens (including phenoxy) is 1. The van der Waals surface area contributed by atoms with Gasteiger partial charge in [-0.15, -0.1) is 0 Å². The van der Waals surface area contributed by atoms with E-state index in [4.69, 9.17) is 4.74 Å². The van der Waals surface area contributed by atoms with E-state index in [1.54, 1.807) is 17.0 Å². The largest absolute Gasteiger partial charge is 0.446 e. The number of pyridine rings is 1. The average molecular weight is 396 g/mol. The highest BCUT2D eigenvalue weighted by atomic mass is 33.1. The van der Waals surface area contributed by atoms with Crippen molar-refractivity contribution in [2.24, 2.45) is 0 Å². The summed E-state index contributed by atoms with van der Waals surface area (Å²) in [6.07, 6.45) is 1.62. The summed E-state index contributed by atoms with van der Waals surface area (Å²) in [5.41, 5.74) is 0. The summed E-state index contributed by atoms with van der Waals surface area (Å²) in [4.78, 5) is 50.3. The SMILES string of the molecule is O=C(CCSSc1ccccn1)NCCCC(=O)OC1C(=O)CCC1=O. The Morgan fingerprint density at radius 1 is 1.19 bits per heavy atom. The van der Waals surface area contributed by atoms with Crippen molar-refractivity contribution >= 4 is 45.0 Å². The fraction of sp³-hybridized carbons (Fsp3) is 0.471. The molecule has 9 heteroatoms. The fourth-order valence-corrected chi connectivity index (χ4v) is 4.06. The second-order valence-electron chi connectivity index (χ2n) is 5.58. The molecule has 0 aromatic carbocycles. The topological polar surface area (TPSA) is 102 Å². The highest BCUT2D eigenvalue weighted by Crippen LogP contribution is 2.29. The van der Waals surface area contributed by atoms with Crippen LogP contribution >= 0.6 is 21.6 Å². The smallest absolute Gasteiger partial charge is 0.307 e. The summed E-state index contributed by atoms with van der Waals surface area (Å²) in [6.45, 7) is 0.346. The molecule has 1 fully saturated rings. The molecule has 1 aromatic rings. The van der Waals surface area contributed by atoms with Gasteiger partial charge in [0.05, 0.1) is 0 Å². The van der Waals surface area contributed by atoms with E-state index in [0.717, 1.165) is 5.03 Å². The van der Waals surface area contributed by atoms with Crippen LogP contribution in [0.15, 0.2) is 29.4 Å². The van der Waals surface area contributed by atoms with Crippen LogP contribution in [0, 0.1) is 0 Å². The molecule has 1 aliphatic rings. The number of carbonyl (C=O) groups excluding carboxylic acids is 4. The summed E-state index contributed by atoms with van der Waals surface area (Å²) in [6, 6.07) is 5.66. The molecule has 0 bridgehead atoms. The Balaban J connectivity index is 1.49. The minimum atomic E-state index is -1.22. The number of hydrogen-bond acceptors (Lipinski definition) is 8. The molecule has 26 heavy (non-hydrogen) atoms.